The van der Waals surface area contributed by atoms with Crippen molar-refractivity contribution in [2.75, 3.05) is 34.4 Å². The monoisotopic (exact) mass is 346 g/mol. The Morgan fingerprint density at radius 3 is 2.52 bits per heavy atom. The van der Waals surface area contributed by atoms with Crippen LogP contribution in [0, 0.1) is 5.82 Å². The van der Waals surface area contributed by atoms with Crippen LogP contribution in [-0.4, -0.2) is 45.2 Å². The molecule has 25 heavy (non-hydrogen) atoms. The Morgan fingerprint density at radius 1 is 1.16 bits per heavy atom. The average Bonchev–Trinajstić information content (AvgIpc) is 2.61. The molecule has 134 valence electrons. The van der Waals surface area contributed by atoms with Gasteiger partial charge in [0.1, 0.15) is 17.3 Å². The molecule has 0 fully saturated rings. The van der Waals surface area contributed by atoms with E-state index in [1.54, 1.807) is 7.11 Å². The number of amides is 1. The van der Waals surface area contributed by atoms with Crippen molar-refractivity contribution in [2.45, 2.75) is 6.04 Å². The van der Waals surface area contributed by atoms with Gasteiger partial charge in [-0.25, -0.2) is 4.39 Å². The van der Waals surface area contributed by atoms with Gasteiger partial charge in [-0.3, -0.25) is 4.79 Å². The third-order valence-electron chi connectivity index (χ3n) is 3.78. The molecule has 2 rings (SSSR count). The molecule has 0 aliphatic rings. The fourth-order valence-electron chi connectivity index (χ4n) is 2.39. The highest BCUT2D eigenvalue weighted by atomic mass is 19.1. The molecule has 1 atom stereocenters. The second-order valence-corrected chi connectivity index (χ2v) is 5.80. The molecule has 0 bridgehead atoms. The van der Waals surface area contributed by atoms with E-state index < -0.39 is 0 Å². The molecule has 1 unspecified atom stereocenters. The third-order valence-corrected chi connectivity index (χ3v) is 3.78. The van der Waals surface area contributed by atoms with Gasteiger partial charge in [-0.2, -0.15) is 0 Å². The van der Waals surface area contributed by atoms with Crippen LogP contribution in [0.2, 0.25) is 0 Å². The predicted octanol–water partition coefficient (Wildman–Crippen LogP) is 2.63. The van der Waals surface area contributed by atoms with Crippen LogP contribution in [-0.2, 0) is 4.79 Å². The molecule has 0 saturated carbocycles. The number of carbonyl (C=O) groups excluding carboxylic acids is 1. The summed E-state index contributed by atoms with van der Waals surface area (Å²) in [6, 6.07) is 13.3. The maximum absolute atomic E-state index is 12.8. The molecule has 0 saturated heterocycles. The molecule has 1 amide bonds. The van der Waals surface area contributed by atoms with Crippen LogP contribution in [0.4, 0.5) is 4.39 Å². The fraction of sp³-hybridized carbons (Fsp3) is 0.316. The lowest BCUT2D eigenvalue weighted by atomic mass is 10.1. The summed E-state index contributed by atoms with van der Waals surface area (Å²) in [6.07, 6.45) is 0. The van der Waals surface area contributed by atoms with Crippen LogP contribution in [0.25, 0.3) is 0 Å². The van der Waals surface area contributed by atoms with Crippen molar-refractivity contribution in [3.63, 3.8) is 0 Å². The highest BCUT2D eigenvalue weighted by Gasteiger charge is 2.16. The number of methoxy groups -OCH3 is 1. The molecule has 0 radical (unpaired) electrons. The SMILES string of the molecule is COc1cccc(C(CNC(=O)COc2ccc(F)cc2)N(C)C)c1. The number of ether oxygens (including phenoxy) is 2. The second kappa shape index (κ2) is 9.03. The molecule has 6 heteroatoms. The highest BCUT2D eigenvalue weighted by molar-refractivity contribution is 5.77. The van der Waals surface area contributed by atoms with Crippen molar-refractivity contribution in [3.05, 3.63) is 59.9 Å². The third kappa shape index (κ3) is 5.76. The summed E-state index contributed by atoms with van der Waals surface area (Å²) in [6.45, 7) is 0.315. The van der Waals surface area contributed by atoms with Crippen molar-refractivity contribution in [3.8, 4) is 11.5 Å². The zero-order valence-corrected chi connectivity index (χ0v) is 14.7. The summed E-state index contributed by atoms with van der Waals surface area (Å²) >= 11 is 0. The van der Waals surface area contributed by atoms with Crippen molar-refractivity contribution in [1.82, 2.24) is 10.2 Å². The van der Waals surface area contributed by atoms with E-state index in [0.29, 0.717) is 12.3 Å². The summed E-state index contributed by atoms with van der Waals surface area (Å²) < 4.78 is 23.4. The number of rotatable bonds is 8. The van der Waals surface area contributed by atoms with Gasteiger partial charge in [0.2, 0.25) is 0 Å². The molecule has 0 aliphatic heterocycles. The van der Waals surface area contributed by atoms with Gasteiger partial charge in [0, 0.05) is 6.54 Å². The Kier molecular flexibility index (Phi) is 6.77. The minimum Gasteiger partial charge on any atom is -0.497 e. The lowest BCUT2D eigenvalue weighted by Gasteiger charge is -2.25. The molecule has 0 aliphatic carbocycles. The smallest absolute Gasteiger partial charge is 0.258 e. The summed E-state index contributed by atoms with van der Waals surface area (Å²) in [7, 11) is 5.52. The van der Waals surface area contributed by atoms with Crippen LogP contribution in [0.3, 0.4) is 0 Å². The first-order valence-corrected chi connectivity index (χ1v) is 7.95. The largest absolute Gasteiger partial charge is 0.497 e. The average molecular weight is 346 g/mol. The van der Waals surface area contributed by atoms with Gasteiger partial charge in [0.05, 0.1) is 13.2 Å². The number of benzene rings is 2. The van der Waals surface area contributed by atoms with E-state index in [1.807, 2.05) is 43.3 Å². The van der Waals surface area contributed by atoms with Gasteiger partial charge < -0.3 is 19.7 Å². The number of nitrogens with zero attached hydrogens (tertiary/aromatic N) is 1. The molecule has 2 aromatic carbocycles. The van der Waals surface area contributed by atoms with E-state index in [-0.39, 0.29) is 24.4 Å². The summed E-state index contributed by atoms with van der Waals surface area (Å²) in [4.78, 5) is 14.0. The normalized spacial score (nSPS) is 11.9. The Morgan fingerprint density at radius 2 is 1.88 bits per heavy atom. The zero-order chi connectivity index (χ0) is 18.2. The predicted molar refractivity (Wildman–Crippen MR) is 94.3 cm³/mol. The van der Waals surface area contributed by atoms with Crippen molar-refractivity contribution >= 4 is 5.91 Å². The van der Waals surface area contributed by atoms with Gasteiger partial charge in [-0.1, -0.05) is 12.1 Å². The Hall–Kier alpha value is -2.60. The lowest BCUT2D eigenvalue weighted by molar-refractivity contribution is -0.123. The fourth-order valence-corrected chi connectivity index (χ4v) is 2.39. The van der Waals surface area contributed by atoms with E-state index >= 15 is 0 Å². The molecule has 0 spiro atoms. The molecule has 5 nitrogen and oxygen atoms in total. The summed E-state index contributed by atoms with van der Waals surface area (Å²) in [5.74, 6) is 0.645. The minimum absolute atomic E-state index is 0.00451. The highest BCUT2D eigenvalue weighted by Crippen LogP contribution is 2.22. The van der Waals surface area contributed by atoms with Gasteiger partial charge in [-0.05, 0) is 56.1 Å². The number of hydrogen-bond donors (Lipinski definition) is 1. The summed E-state index contributed by atoms with van der Waals surface area (Å²) in [5.41, 5.74) is 1.05. The number of hydrogen-bond acceptors (Lipinski definition) is 4. The van der Waals surface area contributed by atoms with Crippen molar-refractivity contribution in [1.29, 1.82) is 0 Å². The van der Waals surface area contributed by atoms with E-state index in [1.165, 1.54) is 24.3 Å². The standard InChI is InChI=1S/C19H23FN2O3/c1-22(2)18(14-5-4-6-17(11-14)24-3)12-21-19(23)13-25-16-9-7-15(20)8-10-16/h4-11,18H,12-13H2,1-3H3,(H,21,23). The lowest BCUT2D eigenvalue weighted by Crippen LogP contribution is -2.36. The first kappa shape index (κ1) is 18.7. The molecule has 1 N–H and O–H groups in total. The molecular weight excluding hydrogens is 323 g/mol. The maximum Gasteiger partial charge on any atom is 0.258 e. The van der Waals surface area contributed by atoms with Crippen LogP contribution < -0.4 is 14.8 Å². The number of halogens is 1. The van der Waals surface area contributed by atoms with E-state index in [4.69, 9.17) is 9.47 Å². The molecule has 2 aromatic rings. The van der Waals surface area contributed by atoms with Crippen LogP contribution >= 0.6 is 0 Å². The molecule has 0 aromatic heterocycles. The van der Waals surface area contributed by atoms with Gasteiger partial charge in [0.25, 0.3) is 5.91 Å². The van der Waals surface area contributed by atoms with Crippen LogP contribution in [0.15, 0.2) is 48.5 Å². The van der Waals surface area contributed by atoms with Crippen molar-refractivity contribution in [2.24, 2.45) is 0 Å². The minimum atomic E-state index is -0.344. The first-order chi connectivity index (χ1) is 12.0. The summed E-state index contributed by atoms with van der Waals surface area (Å²) in [5, 5.41) is 2.86. The van der Waals surface area contributed by atoms with Gasteiger partial charge >= 0.3 is 0 Å². The Bertz CT molecular complexity index is 689. The zero-order valence-electron chi connectivity index (χ0n) is 14.7. The van der Waals surface area contributed by atoms with E-state index in [0.717, 1.165) is 11.3 Å². The van der Waals surface area contributed by atoms with Crippen LogP contribution in [0.5, 0.6) is 11.5 Å². The van der Waals surface area contributed by atoms with Gasteiger partial charge in [0.15, 0.2) is 6.61 Å². The first-order valence-electron chi connectivity index (χ1n) is 7.95. The Balaban J connectivity index is 1.89. The van der Waals surface area contributed by atoms with Gasteiger partial charge in [-0.15, -0.1) is 0 Å². The molecule has 0 heterocycles. The molecular formula is C19H23FN2O3. The van der Waals surface area contributed by atoms with Crippen LogP contribution in [0.1, 0.15) is 11.6 Å². The van der Waals surface area contributed by atoms with E-state index in [2.05, 4.69) is 5.32 Å². The quantitative estimate of drug-likeness (QED) is 0.798. The van der Waals surface area contributed by atoms with E-state index in [9.17, 15) is 9.18 Å². The topological polar surface area (TPSA) is 50.8 Å². The number of likely N-dealkylation sites (N-methyl/N-ethyl adjacent to an activating group) is 1. The number of carbonyl (C=O) groups is 1. The Labute approximate surface area is 147 Å². The number of nitrogens with one attached hydrogen (secondary N) is 1. The maximum atomic E-state index is 12.8. The van der Waals surface area contributed by atoms with Crippen molar-refractivity contribution < 1.29 is 18.7 Å². The second-order valence-electron chi connectivity index (χ2n) is 5.80.